The molecule has 0 aliphatic rings. The summed E-state index contributed by atoms with van der Waals surface area (Å²) in [6.45, 7) is 0. The van der Waals surface area contributed by atoms with Crippen molar-refractivity contribution < 1.29 is 26.8 Å². The highest BCUT2D eigenvalue weighted by atomic mass is 32.2. The summed E-state index contributed by atoms with van der Waals surface area (Å²) in [7, 11) is 0.558. The summed E-state index contributed by atoms with van der Waals surface area (Å²) in [6, 6.07) is 10.1. The Morgan fingerprint density at radius 1 is 0.880 bits per heavy atom. The van der Waals surface area contributed by atoms with Gasteiger partial charge >= 0.3 is 10.3 Å². The quantitative estimate of drug-likeness (QED) is 0.757. The number of methoxy groups -OCH3 is 3. The average Bonchev–Trinajstić information content (AvgIpc) is 2.57. The molecule has 2 aromatic carbocycles. The first-order valence-electron chi connectivity index (χ1n) is 7.16. The molecule has 0 spiro atoms. The third kappa shape index (κ3) is 5.13. The van der Waals surface area contributed by atoms with Crippen molar-refractivity contribution in [1.82, 2.24) is 0 Å². The van der Waals surface area contributed by atoms with E-state index in [2.05, 4.69) is 4.18 Å². The lowest BCUT2D eigenvalue weighted by Gasteiger charge is -2.12. The molecule has 0 saturated heterocycles. The van der Waals surface area contributed by atoms with Crippen LogP contribution in [0.15, 0.2) is 36.4 Å². The van der Waals surface area contributed by atoms with Gasteiger partial charge in [-0.05, 0) is 35.4 Å². The molecule has 0 saturated carbocycles. The molecule has 0 unspecified atom stereocenters. The Hall–Kier alpha value is -2.71. The number of ether oxygens (including phenoxy) is 3. The molecule has 0 bridgehead atoms. The van der Waals surface area contributed by atoms with Crippen LogP contribution in [0.5, 0.6) is 23.0 Å². The first kappa shape index (κ1) is 18.6. The van der Waals surface area contributed by atoms with Gasteiger partial charge in [-0.1, -0.05) is 24.3 Å². The van der Waals surface area contributed by atoms with Crippen LogP contribution in [0.3, 0.4) is 0 Å². The minimum absolute atomic E-state index is 0.134. The normalized spacial score (nSPS) is 11.4. The third-order valence-corrected chi connectivity index (χ3v) is 3.65. The molecule has 0 radical (unpaired) electrons. The molecule has 2 N–H and O–H groups in total. The smallest absolute Gasteiger partial charge is 0.380 e. The number of benzene rings is 2. The molecule has 0 fully saturated rings. The van der Waals surface area contributed by atoms with Crippen molar-refractivity contribution in [3.63, 3.8) is 0 Å². The van der Waals surface area contributed by atoms with Gasteiger partial charge in [0, 0.05) is 0 Å². The first-order valence-corrected chi connectivity index (χ1v) is 8.64. The van der Waals surface area contributed by atoms with Crippen LogP contribution in [0.2, 0.25) is 0 Å². The Morgan fingerprint density at radius 3 is 2.00 bits per heavy atom. The Bertz CT molecular complexity index is 851. The zero-order valence-electron chi connectivity index (χ0n) is 14.1. The molecule has 2 aromatic rings. The maximum absolute atomic E-state index is 11.0. The van der Waals surface area contributed by atoms with Crippen molar-refractivity contribution in [2.75, 3.05) is 21.3 Å². The van der Waals surface area contributed by atoms with Gasteiger partial charge in [0.15, 0.2) is 11.5 Å². The van der Waals surface area contributed by atoms with Crippen LogP contribution in [0.25, 0.3) is 12.2 Å². The van der Waals surface area contributed by atoms with Gasteiger partial charge in [-0.25, -0.2) is 0 Å². The van der Waals surface area contributed by atoms with Gasteiger partial charge in [-0.15, -0.1) is 0 Å². The summed E-state index contributed by atoms with van der Waals surface area (Å²) < 4.78 is 42.5. The molecule has 7 nitrogen and oxygen atoms in total. The van der Waals surface area contributed by atoms with Crippen LogP contribution >= 0.6 is 0 Å². The van der Waals surface area contributed by atoms with E-state index in [1.54, 1.807) is 50.6 Å². The number of nitrogens with two attached hydrogens (primary N) is 1. The average molecular weight is 365 g/mol. The first-order chi connectivity index (χ1) is 11.9. The van der Waals surface area contributed by atoms with Crippen LogP contribution in [-0.4, -0.2) is 29.7 Å². The summed E-state index contributed by atoms with van der Waals surface area (Å²) >= 11 is 0. The maximum Gasteiger partial charge on any atom is 0.380 e. The molecule has 0 atom stereocenters. The molecule has 0 amide bonds. The second kappa shape index (κ2) is 7.91. The second-order valence-corrected chi connectivity index (χ2v) is 6.09. The molecule has 8 heteroatoms. The highest BCUT2D eigenvalue weighted by Gasteiger charge is 2.12. The second-order valence-electron chi connectivity index (χ2n) is 4.94. The topological polar surface area (TPSA) is 97.1 Å². The Morgan fingerprint density at radius 2 is 1.48 bits per heavy atom. The zero-order chi connectivity index (χ0) is 18.4. The van der Waals surface area contributed by atoms with E-state index in [4.69, 9.17) is 19.3 Å². The maximum atomic E-state index is 11.0. The van der Waals surface area contributed by atoms with Gasteiger partial charge < -0.3 is 18.4 Å². The fraction of sp³-hybridized carbons (Fsp3) is 0.176. The van der Waals surface area contributed by atoms with Crippen molar-refractivity contribution >= 4 is 22.5 Å². The predicted molar refractivity (Wildman–Crippen MR) is 95.2 cm³/mol. The summed E-state index contributed by atoms with van der Waals surface area (Å²) in [4.78, 5) is 0. The Labute approximate surface area is 146 Å². The van der Waals surface area contributed by atoms with Gasteiger partial charge in [0.1, 0.15) is 5.75 Å². The van der Waals surface area contributed by atoms with E-state index in [0.29, 0.717) is 17.2 Å². The molecule has 2 rings (SSSR count). The lowest BCUT2D eigenvalue weighted by atomic mass is 10.1. The summed E-state index contributed by atoms with van der Waals surface area (Å²) in [6.07, 6.45) is 3.61. The molecule has 0 aromatic heterocycles. The van der Waals surface area contributed by atoms with Crippen molar-refractivity contribution in [3.8, 4) is 23.0 Å². The molecular weight excluding hydrogens is 346 g/mol. The minimum Gasteiger partial charge on any atom is -0.493 e. The number of rotatable bonds is 7. The minimum atomic E-state index is -4.06. The van der Waals surface area contributed by atoms with Gasteiger partial charge in [0.25, 0.3) is 0 Å². The van der Waals surface area contributed by atoms with Crippen molar-refractivity contribution in [1.29, 1.82) is 0 Å². The largest absolute Gasteiger partial charge is 0.493 e. The van der Waals surface area contributed by atoms with Gasteiger partial charge in [0.2, 0.25) is 5.75 Å². The Kier molecular flexibility index (Phi) is 5.89. The fourth-order valence-electron chi connectivity index (χ4n) is 2.19. The molecule has 25 heavy (non-hydrogen) atoms. The van der Waals surface area contributed by atoms with Gasteiger partial charge in [-0.3, -0.25) is 0 Å². The van der Waals surface area contributed by atoms with E-state index in [1.807, 2.05) is 6.08 Å². The SMILES string of the molecule is COc1cc(/C=C\c2cccc(OS(N)(=O)=O)c2)cc(OC)c1OC. The zero-order valence-corrected chi connectivity index (χ0v) is 14.9. The molecule has 0 heterocycles. The van der Waals surface area contributed by atoms with E-state index < -0.39 is 10.3 Å². The summed E-state index contributed by atoms with van der Waals surface area (Å²) in [5.74, 6) is 1.71. The van der Waals surface area contributed by atoms with Gasteiger partial charge in [0.05, 0.1) is 21.3 Å². The van der Waals surface area contributed by atoms with Crippen molar-refractivity contribution in [2.24, 2.45) is 5.14 Å². The van der Waals surface area contributed by atoms with Gasteiger partial charge in [-0.2, -0.15) is 13.6 Å². The number of hydrogen-bond donors (Lipinski definition) is 1. The molecular formula is C17H19NO6S. The monoisotopic (exact) mass is 365 g/mol. The van der Waals surface area contributed by atoms with E-state index >= 15 is 0 Å². The van der Waals surface area contributed by atoms with Crippen LogP contribution in [0.1, 0.15) is 11.1 Å². The Balaban J connectivity index is 2.32. The highest BCUT2D eigenvalue weighted by molar-refractivity contribution is 7.84. The summed E-state index contributed by atoms with van der Waals surface area (Å²) in [5, 5.41) is 4.87. The van der Waals surface area contributed by atoms with E-state index in [1.165, 1.54) is 13.2 Å². The van der Waals surface area contributed by atoms with E-state index in [-0.39, 0.29) is 5.75 Å². The predicted octanol–water partition coefficient (Wildman–Crippen LogP) is 2.47. The van der Waals surface area contributed by atoms with Crippen LogP contribution in [-0.2, 0) is 10.3 Å². The van der Waals surface area contributed by atoms with Crippen molar-refractivity contribution in [2.45, 2.75) is 0 Å². The fourth-order valence-corrected chi connectivity index (χ4v) is 2.57. The molecule has 134 valence electrons. The third-order valence-electron chi connectivity index (χ3n) is 3.23. The van der Waals surface area contributed by atoms with E-state index in [9.17, 15) is 8.42 Å². The van der Waals surface area contributed by atoms with Crippen LogP contribution in [0, 0.1) is 0 Å². The summed E-state index contributed by atoms with van der Waals surface area (Å²) in [5.41, 5.74) is 1.54. The molecule has 0 aliphatic heterocycles. The van der Waals surface area contributed by atoms with Crippen LogP contribution in [0.4, 0.5) is 0 Å². The van der Waals surface area contributed by atoms with Crippen molar-refractivity contribution in [3.05, 3.63) is 47.5 Å². The lowest BCUT2D eigenvalue weighted by Crippen LogP contribution is -2.18. The van der Waals surface area contributed by atoms with E-state index in [0.717, 1.165) is 11.1 Å². The van der Waals surface area contributed by atoms with Crippen LogP contribution < -0.4 is 23.5 Å². The number of hydrogen-bond acceptors (Lipinski definition) is 6. The standard InChI is InChI=1S/C17H19NO6S/c1-21-15-10-13(11-16(22-2)17(15)23-3)8-7-12-5-4-6-14(9-12)24-25(18,19)20/h4-11H,1-3H3,(H2,18,19,20)/b8-7-. The molecule has 0 aliphatic carbocycles. The highest BCUT2D eigenvalue weighted by Crippen LogP contribution is 2.38. The lowest BCUT2D eigenvalue weighted by molar-refractivity contribution is 0.324.